The van der Waals surface area contributed by atoms with Gasteiger partial charge in [0.25, 0.3) is 0 Å². The Labute approximate surface area is 142 Å². The fraction of sp³-hybridized carbons (Fsp3) is 0.545. The zero-order chi connectivity index (χ0) is 16.0. The van der Waals surface area contributed by atoms with E-state index >= 15 is 0 Å². The zero-order valence-corrected chi connectivity index (χ0v) is 14.8. The third-order valence-corrected chi connectivity index (χ3v) is 6.86. The SMILES string of the molecule is CC1C[C@@H](C)C(B2c3ccccc3CC3C=CC=CC23)[C@H](C)C1. The summed E-state index contributed by atoms with van der Waals surface area (Å²) in [4.78, 5) is 0. The minimum atomic E-state index is 0.707. The van der Waals surface area contributed by atoms with Crippen molar-refractivity contribution in [3.8, 4) is 0 Å². The van der Waals surface area contributed by atoms with Crippen LogP contribution in [0.15, 0.2) is 48.6 Å². The van der Waals surface area contributed by atoms with E-state index in [4.69, 9.17) is 0 Å². The van der Waals surface area contributed by atoms with Crippen LogP contribution >= 0.6 is 0 Å². The highest BCUT2D eigenvalue weighted by molar-refractivity contribution is 6.77. The zero-order valence-electron chi connectivity index (χ0n) is 14.8. The van der Waals surface area contributed by atoms with E-state index in [-0.39, 0.29) is 0 Å². The van der Waals surface area contributed by atoms with Gasteiger partial charge in [-0.15, -0.1) is 0 Å². The highest BCUT2D eigenvalue weighted by atomic mass is 14.4. The summed E-state index contributed by atoms with van der Waals surface area (Å²) in [5, 5.41) is 0. The van der Waals surface area contributed by atoms with Gasteiger partial charge < -0.3 is 0 Å². The predicted molar refractivity (Wildman–Crippen MR) is 102 cm³/mol. The fourth-order valence-electron chi connectivity index (χ4n) is 6.18. The molecule has 120 valence electrons. The third kappa shape index (κ3) is 2.63. The third-order valence-electron chi connectivity index (χ3n) is 6.86. The molecule has 0 nitrogen and oxygen atoms in total. The molecule has 23 heavy (non-hydrogen) atoms. The normalized spacial score (nSPS) is 39.0. The van der Waals surface area contributed by atoms with E-state index in [0.29, 0.717) is 18.4 Å². The van der Waals surface area contributed by atoms with Crippen molar-refractivity contribution in [2.45, 2.75) is 51.7 Å². The highest BCUT2D eigenvalue weighted by Gasteiger charge is 2.47. The molecule has 0 radical (unpaired) electrons. The van der Waals surface area contributed by atoms with E-state index in [0.717, 1.165) is 23.6 Å². The van der Waals surface area contributed by atoms with Crippen molar-refractivity contribution in [2.75, 3.05) is 0 Å². The molecule has 2 aliphatic carbocycles. The second-order valence-corrected chi connectivity index (χ2v) is 8.55. The summed E-state index contributed by atoms with van der Waals surface area (Å²) >= 11 is 0. The molecule has 1 saturated carbocycles. The van der Waals surface area contributed by atoms with Crippen LogP contribution in [-0.4, -0.2) is 6.71 Å². The molecule has 0 aromatic heterocycles. The largest absolute Gasteiger partial charge is 0.187 e. The van der Waals surface area contributed by atoms with Crippen LogP contribution in [0.2, 0.25) is 11.6 Å². The lowest BCUT2D eigenvalue weighted by molar-refractivity contribution is 0.229. The standard InChI is InChI=1S/C22H29B/c1-15-12-16(2)22(17(3)13-15)23-20-10-6-4-8-18(20)14-19-9-5-7-11-21(19)23/h4-11,15-18,20,22H,12-14H2,1-3H3/t15?,16-,17-,18?,20?,22?/m1/s1. The maximum absolute atomic E-state index is 2.52. The average Bonchev–Trinajstić information content (AvgIpc) is 2.53. The number of rotatable bonds is 1. The lowest BCUT2D eigenvalue weighted by atomic mass is 9.22. The molecule has 1 aromatic rings. The van der Waals surface area contributed by atoms with E-state index in [1.54, 1.807) is 11.0 Å². The number of hydrogen-bond acceptors (Lipinski definition) is 0. The molecule has 2 unspecified atom stereocenters. The summed E-state index contributed by atoms with van der Waals surface area (Å²) < 4.78 is 0. The lowest BCUT2D eigenvalue weighted by Crippen LogP contribution is -2.52. The molecular weight excluding hydrogens is 275 g/mol. The van der Waals surface area contributed by atoms with E-state index in [1.165, 1.54) is 19.3 Å². The lowest BCUT2D eigenvalue weighted by Gasteiger charge is -2.47. The molecule has 1 fully saturated rings. The maximum Gasteiger partial charge on any atom is 0.187 e. The van der Waals surface area contributed by atoms with Crippen molar-refractivity contribution < 1.29 is 0 Å². The first kappa shape index (κ1) is 15.3. The Morgan fingerprint density at radius 3 is 2.39 bits per heavy atom. The van der Waals surface area contributed by atoms with Crippen molar-refractivity contribution in [2.24, 2.45) is 23.7 Å². The molecule has 0 saturated heterocycles. The summed E-state index contributed by atoms with van der Waals surface area (Å²) in [6.07, 6.45) is 13.6. The van der Waals surface area contributed by atoms with Crippen LogP contribution < -0.4 is 5.46 Å². The van der Waals surface area contributed by atoms with Crippen LogP contribution in [-0.2, 0) is 6.42 Å². The number of hydrogen-bond donors (Lipinski definition) is 0. The molecule has 0 spiro atoms. The molecule has 1 aliphatic heterocycles. The van der Waals surface area contributed by atoms with Crippen LogP contribution in [0, 0.1) is 23.7 Å². The van der Waals surface area contributed by atoms with Gasteiger partial charge in [-0.05, 0) is 48.8 Å². The average molecular weight is 304 g/mol. The Balaban J connectivity index is 1.78. The van der Waals surface area contributed by atoms with E-state index in [9.17, 15) is 0 Å². The molecule has 3 aliphatic rings. The van der Waals surface area contributed by atoms with Crippen LogP contribution in [0.1, 0.15) is 39.2 Å². The summed E-state index contributed by atoms with van der Waals surface area (Å²) in [7, 11) is 0. The predicted octanol–water partition coefficient (Wildman–Crippen LogP) is 5.13. The Bertz CT molecular complexity index is 617. The van der Waals surface area contributed by atoms with Crippen molar-refractivity contribution in [3.05, 3.63) is 54.1 Å². The van der Waals surface area contributed by atoms with Crippen molar-refractivity contribution >= 4 is 12.2 Å². The van der Waals surface area contributed by atoms with Gasteiger partial charge >= 0.3 is 0 Å². The summed E-state index contributed by atoms with van der Waals surface area (Å²) in [6.45, 7) is 8.20. The number of benzene rings is 1. The maximum atomic E-state index is 2.52. The number of fused-ring (bicyclic) bond motifs is 2. The first-order valence-corrected chi connectivity index (χ1v) is 9.58. The summed E-state index contributed by atoms with van der Waals surface area (Å²) in [6, 6.07) is 9.30. The molecule has 1 heterocycles. The smallest absolute Gasteiger partial charge is 0.0877 e. The van der Waals surface area contributed by atoms with Gasteiger partial charge in [0, 0.05) is 0 Å². The second kappa shape index (κ2) is 6.00. The van der Waals surface area contributed by atoms with Gasteiger partial charge in [-0.1, -0.05) is 86.2 Å². The molecular formula is C22H29B. The van der Waals surface area contributed by atoms with Gasteiger partial charge in [0.05, 0.1) is 0 Å². The monoisotopic (exact) mass is 304 g/mol. The van der Waals surface area contributed by atoms with E-state index in [1.807, 2.05) is 0 Å². The topological polar surface area (TPSA) is 0 Å². The van der Waals surface area contributed by atoms with Gasteiger partial charge in [-0.2, -0.15) is 0 Å². The van der Waals surface area contributed by atoms with Crippen LogP contribution in [0.25, 0.3) is 0 Å². The summed E-state index contributed by atoms with van der Waals surface area (Å²) in [5.41, 5.74) is 3.27. The molecule has 1 heteroatoms. The summed E-state index contributed by atoms with van der Waals surface area (Å²) in [5.74, 6) is 4.82. The molecule has 4 rings (SSSR count). The van der Waals surface area contributed by atoms with E-state index < -0.39 is 0 Å². The fourth-order valence-corrected chi connectivity index (χ4v) is 6.18. The first-order valence-electron chi connectivity index (χ1n) is 9.58. The minimum absolute atomic E-state index is 0.707. The Morgan fingerprint density at radius 1 is 0.913 bits per heavy atom. The van der Waals surface area contributed by atoms with Crippen molar-refractivity contribution in [3.63, 3.8) is 0 Å². The Hall–Kier alpha value is -1.24. The highest BCUT2D eigenvalue weighted by Crippen LogP contribution is 2.49. The van der Waals surface area contributed by atoms with Crippen LogP contribution in [0.5, 0.6) is 0 Å². The van der Waals surface area contributed by atoms with Gasteiger partial charge in [0.15, 0.2) is 6.71 Å². The second-order valence-electron chi connectivity index (χ2n) is 8.55. The molecule has 0 bridgehead atoms. The molecule has 0 amide bonds. The molecule has 4 atom stereocenters. The van der Waals surface area contributed by atoms with Crippen LogP contribution in [0.3, 0.4) is 0 Å². The van der Waals surface area contributed by atoms with E-state index in [2.05, 4.69) is 69.3 Å². The minimum Gasteiger partial charge on any atom is -0.0877 e. The van der Waals surface area contributed by atoms with Gasteiger partial charge in [0.1, 0.15) is 0 Å². The van der Waals surface area contributed by atoms with Crippen molar-refractivity contribution in [1.82, 2.24) is 0 Å². The van der Waals surface area contributed by atoms with Gasteiger partial charge in [-0.25, -0.2) is 0 Å². The first-order chi connectivity index (χ1) is 11.1. The quantitative estimate of drug-likeness (QED) is 0.631. The van der Waals surface area contributed by atoms with Gasteiger partial charge in [0.2, 0.25) is 0 Å². The van der Waals surface area contributed by atoms with Gasteiger partial charge in [-0.3, -0.25) is 0 Å². The number of allylic oxidation sites excluding steroid dienone is 4. The Kier molecular flexibility index (Phi) is 3.99. The van der Waals surface area contributed by atoms with Crippen molar-refractivity contribution in [1.29, 1.82) is 0 Å². The molecule has 1 aromatic carbocycles. The Morgan fingerprint density at radius 2 is 1.61 bits per heavy atom. The molecule has 0 N–H and O–H groups in total. The van der Waals surface area contributed by atoms with Crippen LogP contribution in [0.4, 0.5) is 0 Å².